The van der Waals surface area contributed by atoms with Gasteiger partial charge >= 0.3 is 0 Å². The molecule has 1 aromatic rings. The topological polar surface area (TPSA) is 29.5 Å². The van der Waals surface area contributed by atoms with Crippen LogP contribution in [0.15, 0.2) is 18.2 Å². The van der Waals surface area contributed by atoms with Gasteiger partial charge in [-0.05, 0) is 48.8 Å². The molecule has 2 nitrogen and oxygen atoms in total. The molecule has 0 bridgehead atoms. The zero-order valence-electron chi connectivity index (χ0n) is 11.2. The largest absolute Gasteiger partial charge is 0.496 e. The molecule has 96 valence electrons. The lowest BCUT2D eigenvalue weighted by atomic mass is 9.91. The van der Waals surface area contributed by atoms with Crippen molar-refractivity contribution in [3.8, 4) is 5.75 Å². The van der Waals surface area contributed by atoms with Crippen molar-refractivity contribution >= 4 is 0 Å². The molecule has 17 heavy (non-hydrogen) atoms. The maximum atomic E-state index is 8.92. The summed E-state index contributed by atoms with van der Waals surface area (Å²) >= 11 is 0. The fourth-order valence-corrected chi connectivity index (χ4v) is 2.28. The van der Waals surface area contributed by atoms with E-state index < -0.39 is 0 Å². The van der Waals surface area contributed by atoms with Gasteiger partial charge in [0.25, 0.3) is 0 Å². The standard InChI is InChI=1S/C15H24O2/c1-4-12(5-2)13-8-9-15(17-3)14(11-13)7-6-10-16/h8-9,11-12,16H,4-7,10H2,1-3H3. The van der Waals surface area contributed by atoms with Crippen LogP contribution in [-0.4, -0.2) is 18.8 Å². The molecule has 0 saturated carbocycles. The third kappa shape index (κ3) is 3.74. The van der Waals surface area contributed by atoms with Gasteiger partial charge in [-0.2, -0.15) is 0 Å². The number of hydrogen-bond acceptors (Lipinski definition) is 2. The molecule has 0 amide bonds. The molecule has 0 aliphatic heterocycles. The molecule has 1 rings (SSSR count). The molecule has 0 atom stereocenters. The average Bonchev–Trinajstić information content (AvgIpc) is 2.38. The normalized spacial score (nSPS) is 10.9. The predicted molar refractivity (Wildman–Crippen MR) is 71.7 cm³/mol. The summed E-state index contributed by atoms with van der Waals surface area (Å²) in [6.07, 6.45) is 4.01. The molecule has 0 fully saturated rings. The number of hydrogen-bond donors (Lipinski definition) is 1. The van der Waals surface area contributed by atoms with Crippen LogP contribution < -0.4 is 4.74 Å². The third-order valence-corrected chi connectivity index (χ3v) is 3.37. The second kappa shape index (κ2) is 7.33. The van der Waals surface area contributed by atoms with Crippen molar-refractivity contribution in [1.82, 2.24) is 0 Å². The Morgan fingerprint density at radius 1 is 1.24 bits per heavy atom. The average molecular weight is 236 g/mol. The highest BCUT2D eigenvalue weighted by atomic mass is 16.5. The van der Waals surface area contributed by atoms with E-state index in [0.29, 0.717) is 5.92 Å². The Morgan fingerprint density at radius 3 is 2.47 bits per heavy atom. The van der Waals surface area contributed by atoms with Gasteiger partial charge in [0.15, 0.2) is 0 Å². The molecule has 0 radical (unpaired) electrons. The van der Waals surface area contributed by atoms with Crippen LogP contribution in [0.1, 0.15) is 50.2 Å². The molecule has 0 heterocycles. The molecular formula is C15H24O2. The van der Waals surface area contributed by atoms with Gasteiger partial charge in [0.05, 0.1) is 7.11 Å². The number of ether oxygens (including phenoxy) is 1. The Bertz CT molecular complexity index is 330. The lowest BCUT2D eigenvalue weighted by Gasteiger charge is -2.16. The van der Waals surface area contributed by atoms with Crippen LogP contribution in [0.5, 0.6) is 5.75 Å². The molecule has 0 aromatic heterocycles. The fraction of sp³-hybridized carbons (Fsp3) is 0.600. The molecule has 2 heteroatoms. The van der Waals surface area contributed by atoms with E-state index in [1.165, 1.54) is 24.0 Å². The quantitative estimate of drug-likeness (QED) is 0.785. The van der Waals surface area contributed by atoms with Crippen LogP contribution in [0.25, 0.3) is 0 Å². The van der Waals surface area contributed by atoms with E-state index >= 15 is 0 Å². The molecule has 0 aliphatic carbocycles. The van der Waals surface area contributed by atoms with Crippen molar-refractivity contribution in [3.05, 3.63) is 29.3 Å². The lowest BCUT2D eigenvalue weighted by molar-refractivity contribution is 0.287. The molecule has 0 spiro atoms. The Labute approximate surface area is 105 Å². The maximum Gasteiger partial charge on any atom is 0.122 e. The molecule has 0 aliphatic rings. The highest BCUT2D eigenvalue weighted by Crippen LogP contribution is 2.28. The van der Waals surface area contributed by atoms with Crippen molar-refractivity contribution in [2.45, 2.75) is 45.4 Å². The molecule has 1 aromatic carbocycles. The number of aryl methyl sites for hydroxylation is 1. The first kappa shape index (κ1) is 14.0. The fourth-order valence-electron chi connectivity index (χ4n) is 2.28. The molecule has 0 unspecified atom stereocenters. The van der Waals surface area contributed by atoms with Crippen LogP contribution in [-0.2, 0) is 6.42 Å². The Morgan fingerprint density at radius 2 is 1.94 bits per heavy atom. The minimum Gasteiger partial charge on any atom is -0.496 e. The van der Waals surface area contributed by atoms with E-state index in [1.54, 1.807) is 7.11 Å². The van der Waals surface area contributed by atoms with Crippen molar-refractivity contribution in [2.24, 2.45) is 0 Å². The summed E-state index contributed by atoms with van der Waals surface area (Å²) in [6, 6.07) is 6.46. The van der Waals surface area contributed by atoms with E-state index in [9.17, 15) is 0 Å². The van der Waals surface area contributed by atoms with E-state index in [0.717, 1.165) is 18.6 Å². The third-order valence-electron chi connectivity index (χ3n) is 3.37. The summed E-state index contributed by atoms with van der Waals surface area (Å²) in [5.74, 6) is 1.57. The second-order valence-electron chi connectivity index (χ2n) is 4.41. The van der Waals surface area contributed by atoms with E-state index in [4.69, 9.17) is 9.84 Å². The summed E-state index contributed by atoms with van der Waals surface area (Å²) in [5.41, 5.74) is 2.61. The second-order valence-corrected chi connectivity index (χ2v) is 4.41. The number of benzene rings is 1. The molecular weight excluding hydrogens is 212 g/mol. The smallest absolute Gasteiger partial charge is 0.122 e. The Kier molecular flexibility index (Phi) is 6.06. The zero-order chi connectivity index (χ0) is 12.7. The van der Waals surface area contributed by atoms with E-state index in [1.807, 2.05) is 0 Å². The Balaban J connectivity index is 2.94. The van der Waals surface area contributed by atoms with E-state index in [2.05, 4.69) is 32.0 Å². The minimum absolute atomic E-state index is 0.234. The van der Waals surface area contributed by atoms with Gasteiger partial charge in [-0.3, -0.25) is 0 Å². The number of rotatable bonds is 7. The number of methoxy groups -OCH3 is 1. The summed E-state index contributed by atoms with van der Waals surface area (Å²) in [6.45, 7) is 4.69. The van der Waals surface area contributed by atoms with Gasteiger partial charge in [-0.1, -0.05) is 26.0 Å². The molecule has 1 N–H and O–H groups in total. The summed E-state index contributed by atoms with van der Waals surface area (Å²) < 4.78 is 5.36. The van der Waals surface area contributed by atoms with Gasteiger partial charge in [0.1, 0.15) is 5.75 Å². The van der Waals surface area contributed by atoms with Gasteiger partial charge in [-0.25, -0.2) is 0 Å². The van der Waals surface area contributed by atoms with Crippen LogP contribution >= 0.6 is 0 Å². The van der Waals surface area contributed by atoms with Crippen LogP contribution in [0, 0.1) is 0 Å². The highest BCUT2D eigenvalue weighted by Gasteiger charge is 2.10. The molecule has 0 saturated heterocycles. The van der Waals surface area contributed by atoms with Crippen LogP contribution in [0.4, 0.5) is 0 Å². The summed E-state index contributed by atoms with van der Waals surface area (Å²) in [4.78, 5) is 0. The first-order valence-electron chi connectivity index (χ1n) is 6.54. The van der Waals surface area contributed by atoms with Crippen molar-refractivity contribution in [3.63, 3.8) is 0 Å². The summed E-state index contributed by atoms with van der Waals surface area (Å²) in [5, 5.41) is 8.92. The van der Waals surface area contributed by atoms with Crippen LogP contribution in [0.3, 0.4) is 0 Å². The van der Waals surface area contributed by atoms with Gasteiger partial charge in [-0.15, -0.1) is 0 Å². The lowest BCUT2D eigenvalue weighted by Crippen LogP contribution is -2.00. The van der Waals surface area contributed by atoms with Crippen molar-refractivity contribution in [1.29, 1.82) is 0 Å². The summed E-state index contributed by atoms with van der Waals surface area (Å²) in [7, 11) is 1.70. The van der Waals surface area contributed by atoms with Crippen LogP contribution in [0.2, 0.25) is 0 Å². The van der Waals surface area contributed by atoms with E-state index in [-0.39, 0.29) is 6.61 Å². The Hall–Kier alpha value is -1.02. The van der Waals surface area contributed by atoms with Gasteiger partial charge in [0.2, 0.25) is 0 Å². The number of aliphatic hydroxyl groups is 1. The monoisotopic (exact) mass is 236 g/mol. The SMILES string of the molecule is CCC(CC)c1ccc(OC)c(CCCO)c1. The highest BCUT2D eigenvalue weighted by molar-refractivity contribution is 5.38. The predicted octanol–water partition coefficient (Wildman–Crippen LogP) is 3.52. The maximum absolute atomic E-state index is 8.92. The first-order valence-corrected chi connectivity index (χ1v) is 6.54. The van der Waals surface area contributed by atoms with Crippen molar-refractivity contribution < 1.29 is 9.84 Å². The first-order chi connectivity index (χ1) is 8.26. The number of aliphatic hydroxyl groups excluding tert-OH is 1. The minimum atomic E-state index is 0.234. The van der Waals surface area contributed by atoms with Crippen molar-refractivity contribution in [2.75, 3.05) is 13.7 Å². The zero-order valence-corrected chi connectivity index (χ0v) is 11.2. The van der Waals surface area contributed by atoms with Gasteiger partial charge < -0.3 is 9.84 Å². The van der Waals surface area contributed by atoms with Gasteiger partial charge in [0, 0.05) is 6.61 Å².